The molecule has 7 unspecified atom stereocenters. The predicted octanol–water partition coefficient (Wildman–Crippen LogP) is -1.77. The smallest absolute Gasteiger partial charge is 0.230 e. The Bertz CT molecular complexity index is 1080. The summed E-state index contributed by atoms with van der Waals surface area (Å²) in [5.41, 5.74) is 2.12. The Morgan fingerprint density at radius 1 is 1.19 bits per heavy atom. The summed E-state index contributed by atoms with van der Waals surface area (Å²) in [6.45, 7) is 3.90. The number of aliphatic hydroxyl groups excluding tert-OH is 3. The lowest BCUT2D eigenvalue weighted by molar-refractivity contribution is -0.189. The molecule has 7 atom stereocenters. The fourth-order valence-electron chi connectivity index (χ4n) is 5.33. The number of carbonyl (C=O) groups is 3. The Balaban J connectivity index is 2.00. The second kappa shape index (κ2) is 6.72. The Morgan fingerprint density at radius 2 is 1.84 bits per heavy atom. The van der Waals surface area contributed by atoms with Crippen molar-refractivity contribution in [2.24, 2.45) is 23.5 Å². The first-order valence-electron chi connectivity index (χ1n) is 9.58. The lowest BCUT2D eigenvalue weighted by atomic mass is 9.53. The van der Waals surface area contributed by atoms with Crippen molar-refractivity contribution in [1.82, 2.24) is 5.32 Å². The Morgan fingerprint density at radius 3 is 2.42 bits per heavy atom. The van der Waals surface area contributed by atoms with Gasteiger partial charge in [-0.05, 0) is 24.3 Å². The van der Waals surface area contributed by atoms with Crippen LogP contribution in [0.15, 0.2) is 30.4 Å². The van der Waals surface area contributed by atoms with Crippen molar-refractivity contribution >= 4 is 28.8 Å². The van der Waals surface area contributed by atoms with E-state index in [-0.39, 0.29) is 22.4 Å². The number of fused-ring (bicyclic) bond motifs is 3. The number of likely N-dealkylation sites (N-methyl/N-ethyl adjacent to an activating group) is 1. The monoisotopic (exact) mass is 430 g/mol. The minimum atomic E-state index is -2.95. The molecular weight excluding hydrogens is 408 g/mol. The maximum absolute atomic E-state index is 13.5. The summed E-state index contributed by atoms with van der Waals surface area (Å²) in [7, 11) is 1.37. The van der Waals surface area contributed by atoms with E-state index in [1.54, 1.807) is 0 Å². The second-order valence-corrected chi connectivity index (χ2v) is 8.13. The number of aromatic hydroxyl groups is 1. The van der Waals surface area contributed by atoms with E-state index in [9.17, 15) is 39.9 Å². The van der Waals surface area contributed by atoms with E-state index in [0.29, 0.717) is 0 Å². The third-order valence-electron chi connectivity index (χ3n) is 6.74. The predicted molar refractivity (Wildman–Crippen MR) is 106 cm³/mol. The van der Waals surface area contributed by atoms with Crippen LogP contribution in [0, 0.1) is 17.8 Å². The van der Waals surface area contributed by atoms with E-state index in [1.807, 2.05) is 0 Å². The van der Waals surface area contributed by atoms with Gasteiger partial charge >= 0.3 is 0 Å². The third kappa shape index (κ3) is 2.44. The molecule has 10 heteroatoms. The number of phenols is 1. The fourth-order valence-corrected chi connectivity index (χ4v) is 5.33. The molecule has 3 aliphatic carbocycles. The summed E-state index contributed by atoms with van der Waals surface area (Å²) in [4.78, 5) is 38.4. The van der Waals surface area contributed by atoms with Crippen molar-refractivity contribution in [3.8, 4) is 5.75 Å². The molecule has 1 aromatic rings. The summed E-state index contributed by atoms with van der Waals surface area (Å²) < 4.78 is 0. The van der Waals surface area contributed by atoms with Gasteiger partial charge in [0.1, 0.15) is 17.4 Å². The van der Waals surface area contributed by atoms with E-state index in [1.165, 1.54) is 25.2 Å². The van der Waals surface area contributed by atoms with Crippen LogP contribution in [0.3, 0.4) is 0 Å². The molecule has 0 aliphatic heterocycles. The van der Waals surface area contributed by atoms with Crippen molar-refractivity contribution < 1.29 is 39.9 Å². The van der Waals surface area contributed by atoms with Crippen molar-refractivity contribution in [3.63, 3.8) is 0 Å². The summed E-state index contributed by atoms with van der Waals surface area (Å²) in [6.07, 6.45) is -3.37. The zero-order chi connectivity index (χ0) is 23.0. The van der Waals surface area contributed by atoms with E-state index in [0.717, 1.165) is 0 Å². The number of primary amides is 1. The lowest BCUT2D eigenvalue weighted by Gasteiger charge is -2.54. The molecule has 0 spiro atoms. The number of carbonyl (C=O) groups excluding carboxylic acids is 3. The molecule has 4 rings (SSSR count). The highest BCUT2D eigenvalue weighted by Gasteiger charge is 2.70. The van der Waals surface area contributed by atoms with Crippen molar-refractivity contribution in [2.75, 3.05) is 7.05 Å². The van der Waals surface area contributed by atoms with Gasteiger partial charge < -0.3 is 36.6 Å². The van der Waals surface area contributed by atoms with Crippen LogP contribution in [0.4, 0.5) is 0 Å². The quantitative estimate of drug-likeness (QED) is 0.266. The Kier molecular flexibility index (Phi) is 4.60. The number of nitrogens with one attached hydrogen (secondary N) is 1. The van der Waals surface area contributed by atoms with E-state index >= 15 is 0 Å². The van der Waals surface area contributed by atoms with Gasteiger partial charge in [0.25, 0.3) is 0 Å². The Labute approximate surface area is 176 Å². The van der Waals surface area contributed by atoms with Crippen molar-refractivity contribution in [1.29, 1.82) is 0 Å². The average molecular weight is 430 g/mol. The molecule has 3 aliphatic rings. The molecule has 10 nitrogen and oxygen atoms in total. The zero-order valence-electron chi connectivity index (χ0n) is 16.4. The van der Waals surface area contributed by atoms with Crippen LogP contribution in [-0.2, 0) is 14.4 Å². The van der Waals surface area contributed by atoms with Gasteiger partial charge in [0.05, 0.1) is 23.3 Å². The van der Waals surface area contributed by atoms with Crippen LogP contribution in [0.1, 0.15) is 11.1 Å². The molecule has 1 amide bonds. The molecule has 164 valence electrons. The first-order valence-corrected chi connectivity index (χ1v) is 9.58. The van der Waals surface area contributed by atoms with Gasteiger partial charge in [-0.1, -0.05) is 18.7 Å². The highest BCUT2D eigenvalue weighted by molar-refractivity contribution is 6.26. The minimum Gasteiger partial charge on any atom is -0.507 e. The lowest BCUT2D eigenvalue weighted by Crippen LogP contribution is -2.76. The molecule has 0 radical (unpaired) electrons. The summed E-state index contributed by atoms with van der Waals surface area (Å²) in [5.74, 6) is -9.65. The summed E-state index contributed by atoms with van der Waals surface area (Å²) in [6, 6.07) is 3.03. The number of benzene rings is 1. The second-order valence-electron chi connectivity index (χ2n) is 8.13. The van der Waals surface area contributed by atoms with Gasteiger partial charge in [-0.25, -0.2) is 0 Å². The fraction of sp³-hybridized carbons (Fsp3) is 0.381. The number of phenolic OH excluding ortho intramolecular Hbond substituents is 1. The van der Waals surface area contributed by atoms with Crippen LogP contribution in [0.2, 0.25) is 0 Å². The van der Waals surface area contributed by atoms with Crippen LogP contribution >= 0.6 is 0 Å². The maximum atomic E-state index is 13.5. The maximum Gasteiger partial charge on any atom is 0.230 e. The minimum absolute atomic E-state index is 0.124. The largest absolute Gasteiger partial charge is 0.507 e. The summed E-state index contributed by atoms with van der Waals surface area (Å²) in [5, 5.41) is 56.9. The number of amides is 1. The molecule has 31 heavy (non-hydrogen) atoms. The van der Waals surface area contributed by atoms with Gasteiger partial charge in [-0.15, -0.1) is 0 Å². The van der Waals surface area contributed by atoms with E-state index < -0.39 is 70.4 Å². The Hall–Kier alpha value is -3.05. The van der Waals surface area contributed by atoms with E-state index in [4.69, 9.17) is 5.73 Å². The molecule has 1 aromatic carbocycles. The molecule has 0 saturated heterocycles. The van der Waals surface area contributed by atoms with Gasteiger partial charge in [0, 0.05) is 17.9 Å². The first kappa shape index (κ1) is 21.2. The normalized spacial score (nSPS) is 37.2. The number of hydrogen-bond acceptors (Lipinski definition) is 9. The molecule has 0 bridgehead atoms. The number of nitrogens with two attached hydrogens (primary N) is 1. The van der Waals surface area contributed by atoms with Gasteiger partial charge in [-0.3, -0.25) is 14.4 Å². The number of ketones is 2. The van der Waals surface area contributed by atoms with Crippen molar-refractivity contribution in [2.45, 2.75) is 23.9 Å². The molecule has 8 N–H and O–H groups in total. The number of aliphatic hydroxyl groups is 4. The highest BCUT2D eigenvalue weighted by atomic mass is 16.3. The molecule has 0 heterocycles. The topological polar surface area (TPSA) is 190 Å². The van der Waals surface area contributed by atoms with Crippen LogP contribution < -0.4 is 11.1 Å². The van der Waals surface area contributed by atoms with Gasteiger partial charge in [-0.2, -0.15) is 0 Å². The number of hydrogen-bond donors (Lipinski definition) is 7. The van der Waals surface area contributed by atoms with E-state index in [2.05, 4.69) is 11.9 Å². The molecule has 0 aromatic heterocycles. The van der Waals surface area contributed by atoms with Gasteiger partial charge in [0.2, 0.25) is 11.7 Å². The summed E-state index contributed by atoms with van der Waals surface area (Å²) >= 11 is 0. The molecular formula is C21H22N2O8. The standard InChI is InChI=1S/C21H22N2O8/c1-6-7-4-3-5-8(24)10(7)15(25)11-9(6)16(26)13-14(23-2)17(27)12(20(22)30)19(29)21(13,31)18(11)28/h3-5,9,12-14,16-17,23-27,31H,1H2,2H3,(H2,22,30). The van der Waals surface area contributed by atoms with Crippen molar-refractivity contribution in [3.05, 3.63) is 41.5 Å². The number of Topliss-reactive ketones (excluding diaryl/α,β-unsaturated/α-hetero) is 2. The molecule has 2 fully saturated rings. The average Bonchev–Trinajstić information content (AvgIpc) is 2.70. The molecule has 2 saturated carbocycles. The first-order chi connectivity index (χ1) is 14.5. The van der Waals surface area contributed by atoms with Crippen LogP contribution in [-0.4, -0.2) is 73.9 Å². The third-order valence-corrected chi connectivity index (χ3v) is 6.74. The highest BCUT2D eigenvalue weighted by Crippen LogP contribution is 2.54. The zero-order valence-corrected chi connectivity index (χ0v) is 16.4. The number of rotatable bonds is 2. The van der Waals surface area contributed by atoms with Crippen LogP contribution in [0.5, 0.6) is 5.75 Å². The van der Waals surface area contributed by atoms with Gasteiger partial charge in [0.15, 0.2) is 11.4 Å². The van der Waals surface area contributed by atoms with Crippen LogP contribution in [0.25, 0.3) is 11.3 Å². The SMILES string of the molecule is C=C1c2cccc(O)c2C(O)=C2C(=O)C3(O)C(=O)C(C(N)=O)C(O)C(NC)C3C(O)C12.